The van der Waals surface area contributed by atoms with Crippen molar-refractivity contribution in [3.8, 4) is 33.4 Å². The largest absolute Gasteiger partial charge is 0.744 e. The summed E-state index contributed by atoms with van der Waals surface area (Å²) in [7, 11) is -4.57. The zero-order valence-corrected chi connectivity index (χ0v) is 28.1. The summed E-state index contributed by atoms with van der Waals surface area (Å²) in [5.74, 6) is 0. The van der Waals surface area contributed by atoms with E-state index in [9.17, 15) is 13.0 Å². The molecule has 3 nitrogen and oxygen atoms in total. The molecule has 0 unspecified atom stereocenters. The lowest BCUT2D eigenvalue weighted by atomic mass is 9.93. The summed E-state index contributed by atoms with van der Waals surface area (Å²) >= 11 is 0. The van der Waals surface area contributed by atoms with Crippen LogP contribution in [-0.4, -0.2) is 13.0 Å². The second-order valence-electron chi connectivity index (χ2n) is 11.2. The highest BCUT2D eigenvalue weighted by molar-refractivity contribution is 7.97. The molecular formula is C43H34O3S2. The predicted molar refractivity (Wildman–Crippen MR) is 197 cm³/mol. The zero-order valence-electron chi connectivity index (χ0n) is 26.4. The van der Waals surface area contributed by atoms with Gasteiger partial charge in [-0.3, -0.25) is 0 Å². The maximum Gasteiger partial charge on any atom is 0.182 e. The first kappa shape index (κ1) is 32.7. The molecule has 0 aromatic heterocycles. The lowest BCUT2D eigenvalue weighted by molar-refractivity contribution is 0.463. The summed E-state index contributed by atoms with van der Waals surface area (Å²) in [6.45, 7) is 1.82. The first-order chi connectivity index (χ1) is 23.4. The molecule has 48 heavy (non-hydrogen) atoms. The molecule has 0 N–H and O–H groups in total. The van der Waals surface area contributed by atoms with Crippen LogP contribution >= 0.6 is 0 Å². The normalized spacial score (nSPS) is 11.1. The van der Waals surface area contributed by atoms with Crippen molar-refractivity contribution in [2.24, 2.45) is 0 Å². The maximum absolute atomic E-state index is 10.4. The molecule has 0 radical (unpaired) electrons. The SMILES string of the molecule is Cc1ccc(S(=O)(=O)[O-])cc1.c1ccc(-c2cc(-c3ccccc3)c([S+](c3ccccc3)c3ccccc3)c(-c3ccccc3)c2)cc1. The minimum Gasteiger partial charge on any atom is -0.744 e. The van der Waals surface area contributed by atoms with E-state index in [2.05, 4.69) is 164 Å². The van der Waals surface area contributed by atoms with E-state index >= 15 is 0 Å². The Morgan fingerprint density at radius 3 is 1.17 bits per heavy atom. The van der Waals surface area contributed by atoms with E-state index in [1.54, 1.807) is 12.1 Å². The second kappa shape index (κ2) is 15.1. The molecule has 0 aliphatic carbocycles. The average molecular weight is 663 g/mol. The van der Waals surface area contributed by atoms with Gasteiger partial charge >= 0.3 is 0 Å². The van der Waals surface area contributed by atoms with Gasteiger partial charge in [0.25, 0.3) is 0 Å². The van der Waals surface area contributed by atoms with Crippen molar-refractivity contribution < 1.29 is 13.0 Å². The van der Waals surface area contributed by atoms with E-state index in [-0.39, 0.29) is 15.8 Å². The van der Waals surface area contributed by atoms with Crippen LogP contribution in [0, 0.1) is 6.92 Å². The Labute approximate surface area is 286 Å². The van der Waals surface area contributed by atoms with Crippen LogP contribution < -0.4 is 0 Å². The van der Waals surface area contributed by atoms with Crippen LogP contribution in [-0.2, 0) is 21.0 Å². The molecule has 0 saturated heterocycles. The first-order valence-corrected chi connectivity index (χ1v) is 18.2. The van der Waals surface area contributed by atoms with Gasteiger partial charge in [-0.15, -0.1) is 0 Å². The van der Waals surface area contributed by atoms with Gasteiger partial charge < -0.3 is 4.55 Å². The Hall–Kier alpha value is -5.20. The standard InChI is InChI=1S/C36H27S.C7H8O3S/c1-6-16-28(17-7-1)31-26-34(29-18-8-2-9-19-29)36(35(27-31)30-20-10-3-11-21-30)37(32-22-12-4-13-23-32)33-24-14-5-15-25-33;1-6-2-4-7(5-3-6)11(8,9)10/h1-27H;2-5H,1H3,(H,8,9,10)/q+1;/p-1. The van der Waals surface area contributed by atoms with Crippen LogP contribution in [0.4, 0.5) is 0 Å². The predicted octanol–water partition coefficient (Wildman–Crippen LogP) is 10.7. The monoisotopic (exact) mass is 662 g/mol. The van der Waals surface area contributed by atoms with Gasteiger partial charge in [-0.1, -0.05) is 145 Å². The zero-order chi connectivity index (χ0) is 33.3. The van der Waals surface area contributed by atoms with Crippen molar-refractivity contribution in [3.05, 3.63) is 194 Å². The highest BCUT2D eigenvalue weighted by atomic mass is 32.2. The minimum atomic E-state index is -4.27. The fourth-order valence-corrected chi connectivity index (χ4v) is 8.37. The molecule has 0 heterocycles. The van der Waals surface area contributed by atoms with Gasteiger partial charge in [0.1, 0.15) is 21.0 Å². The van der Waals surface area contributed by atoms with Crippen LogP contribution in [0.5, 0.6) is 0 Å². The third-order valence-corrected chi connectivity index (χ3v) is 11.0. The van der Waals surface area contributed by atoms with Gasteiger partial charge in [0.15, 0.2) is 14.7 Å². The molecule has 0 saturated carbocycles. The Kier molecular flexibility index (Phi) is 10.3. The third kappa shape index (κ3) is 7.84. The smallest absolute Gasteiger partial charge is 0.182 e. The van der Waals surface area contributed by atoms with Crippen molar-refractivity contribution in [2.75, 3.05) is 0 Å². The summed E-state index contributed by atoms with van der Waals surface area (Å²) in [6.07, 6.45) is 0. The molecule has 5 heteroatoms. The Morgan fingerprint density at radius 2 is 0.792 bits per heavy atom. The Bertz CT molecular complexity index is 2070. The van der Waals surface area contributed by atoms with Crippen LogP contribution in [0.25, 0.3) is 33.4 Å². The molecule has 0 amide bonds. The highest BCUT2D eigenvalue weighted by Crippen LogP contribution is 2.45. The summed E-state index contributed by atoms with van der Waals surface area (Å²) in [5, 5.41) is 0. The van der Waals surface area contributed by atoms with E-state index in [0.717, 1.165) is 5.56 Å². The van der Waals surface area contributed by atoms with Crippen molar-refractivity contribution in [2.45, 2.75) is 26.5 Å². The van der Waals surface area contributed by atoms with Gasteiger partial charge in [0.05, 0.1) is 4.90 Å². The first-order valence-electron chi connectivity index (χ1n) is 15.6. The summed E-state index contributed by atoms with van der Waals surface area (Å²) in [6, 6.07) is 64.9. The molecule has 7 aromatic carbocycles. The minimum absolute atomic E-state index is 0.178. The van der Waals surface area contributed by atoms with E-state index in [1.807, 2.05) is 6.92 Å². The second-order valence-corrected chi connectivity index (χ2v) is 14.5. The molecular weight excluding hydrogens is 629 g/mol. The lowest BCUT2D eigenvalue weighted by Crippen LogP contribution is -2.09. The highest BCUT2D eigenvalue weighted by Gasteiger charge is 2.35. The van der Waals surface area contributed by atoms with E-state index in [0.29, 0.717) is 0 Å². The van der Waals surface area contributed by atoms with Gasteiger partial charge in [-0.2, -0.15) is 0 Å². The van der Waals surface area contributed by atoms with E-state index in [1.165, 1.54) is 60.2 Å². The number of rotatable bonds is 7. The van der Waals surface area contributed by atoms with Gasteiger partial charge in [0, 0.05) is 11.1 Å². The summed E-state index contributed by atoms with van der Waals surface area (Å²) in [5.41, 5.74) is 8.40. The molecule has 0 aliphatic heterocycles. The molecule has 236 valence electrons. The Morgan fingerprint density at radius 1 is 0.438 bits per heavy atom. The van der Waals surface area contributed by atoms with Gasteiger partial charge in [-0.05, 0) is 77.7 Å². The lowest BCUT2D eigenvalue weighted by Gasteiger charge is -2.19. The molecule has 0 spiro atoms. The molecule has 0 fully saturated rings. The Balaban J connectivity index is 0.000000312. The van der Waals surface area contributed by atoms with Gasteiger partial charge in [-0.25, -0.2) is 8.42 Å². The van der Waals surface area contributed by atoms with E-state index < -0.39 is 10.1 Å². The van der Waals surface area contributed by atoms with Crippen LogP contribution in [0.3, 0.4) is 0 Å². The van der Waals surface area contributed by atoms with Crippen LogP contribution in [0.1, 0.15) is 5.56 Å². The van der Waals surface area contributed by atoms with Crippen molar-refractivity contribution >= 4 is 21.0 Å². The van der Waals surface area contributed by atoms with Crippen molar-refractivity contribution in [1.29, 1.82) is 0 Å². The fraction of sp³-hybridized carbons (Fsp3) is 0.0233. The quantitative estimate of drug-likeness (QED) is 0.126. The molecule has 7 rings (SSSR count). The average Bonchev–Trinajstić information content (AvgIpc) is 3.14. The van der Waals surface area contributed by atoms with Gasteiger partial charge in [0.2, 0.25) is 0 Å². The number of aryl methyl sites for hydroxylation is 1. The number of hydrogen-bond acceptors (Lipinski definition) is 3. The molecule has 0 atom stereocenters. The third-order valence-electron chi connectivity index (χ3n) is 7.84. The number of hydrogen-bond donors (Lipinski definition) is 0. The maximum atomic E-state index is 10.4. The number of benzene rings is 7. The topological polar surface area (TPSA) is 57.2 Å². The van der Waals surface area contributed by atoms with Crippen molar-refractivity contribution in [3.63, 3.8) is 0 Å². The fourth-order valence-electron chi connectivity index (χ4n) is 5.50. The molecule has 0 bridgehead atoms. The summed E-state index contributed by atoms with van der Waals surface area (Å²) in [4.78, 5) is 3.81. The van der Waals surface area contributed by atoms with Crippen molar-refractivity contribution in [1.82, 2.24) is 0 Å². The van der Waals surface area contributed by atoms with Crippen LogP contribution in [0.2, 0.25) is 0 Å². The van der Waals surface area contributed by atoms with Crippen LogP contribution in [0.15, 0.2) is 208 Å². The van der Waals surface area contributed by atoms with E-state index in [4.69, 9.17) is 0 Å². The molecule has 7 aromatic rings. The summed E-state index contributed by atoms with van der Waals surface area (Å²) < 4.78 is 31.2. The molecule has 0 aliphatic rings.